The number of aromatic nitrogens is 1. The van der Waals surface area contributed by atoms with Crippen molar-refractivity contribution in [2.24, 2.45) is 5.92 Å². The van der Waals surface area contributed by atoms with Crippen LogP contribution in [0.2, 0.25) is 4.47 Å². The summed E-state index contributed by atoms with van der Waals surface area (Å²) in [5, 5.41) is 9.77. The third kappa shape index (κ3) is 3.42. The average molecular weight is 311 g/mol. The van der Waals surface area contributed by atoms with Gasteiger partial charge in [-0.1, -0.05) is 35.8 Å². The number of aliphatic hydroxyl groups excluding tert-OH is 1. The van der Waals surface area contributed by atoms with Gasteiger partial charge in [0, 0.05) is 6.54 Å². The molecule has 2 N–H and O–H groups in total. The largest absolute Gasteiger partial charge is 0.393 e. The van der Waals surface area contributed by atoms with Gasteiger partial charge in [0.05, 0.1) is 12.3 Å². The lowest BCUT2D eigenvalue weighted by Gasteiger charge is -2.27. The summed E-state index contributed by atoms with van der Waals surface area (Å²) in [4.78, 5) is 3.71. The van der Waals surface area contributed by atoms with Gasteiger partial charge in [-0.3, -0.25) is 0 Å². The van der Waals surface area contributed by atoms with E-state index in [1.54, 1.807) is 0 Å². The van der Waals surface area contributed by atoms with Crippen LogP contribution in [0.15, 0.2) is 10.4 Å². The maximum absolute atomic E-state index is 11.9. The standard InChI is InChI=1S/C10H15ClN2O3S2/c11-10-12-6-9(17-10)18(15,16)13-5-7-3-1-2-4-8(7)14/h6-8,13-14H,1-5H2. The Hall–Kier alpha value is -0.210. The summed E-state index contributed by atoms with van der Waals surface area (Å²) in [6, 6.07) is 0. The minimum atomic E-state index is -3.55. The molecular formula is C10H15ClN2O3S2. The Morgan fingerprint density at radius 1 is 1.50 bits per heavy atom. The van der Waals surface area contributed by atoms with Crippen molar-refractivity contribution in [2.75, 3.05) is 6.54 Å². The lowest BCUT2D eigenvalue weighted by molar-refractivity contribution is 0.0724. The van der Waals surface area contributed by atoms with Gasteiger partial charge in [-0.15, -0.1) is 0 Å². The number of nitrogens with zero attached hydrogens (tertiary/aromatic N) is 1. The van der Waals surface area contributed by atoms with E-state index in [-0.39, 0.29) is 21.1 Å². The summed E-state index contributed by atoms with van der Waals surface area (Å²) >= 11 is 6.54. The SMILES string of the molecule is O=S(=O)(NCC1CCCCC1O)c1cnc(Cl)s1. The molecule has 8 heteroatoms. The smallest absolute Gasteiger partial charge is 0.251 e. The normalized spacial score (nSPS) is 25.2. The maximum atomic E-state index is 11.9. The van der Waals surface area contributed by atoms with Crippen molar-refractivity contribution in [1.82, 2.24) is 9.71 Å². The second-order valence-corrected chi connectivity index (χ2v) is 8.00. The van der Waals surface area contributed by atoms with Crippen molar-refractivity contribution < 1.29 is 13.5 Å². The fourth-order valence-corrected chi connectivity index (χ4v) is 4.51. The Kier molecular flexibility index (Phi) is 4.60. The quantitative estimate of drug-likeness (QED) is 0.886. The number of sulfonamides is 1. The fourth-order valence-electron chi connectivity index (χ4n) is 2.08. The second kappa shape index (κ2) is 5.83. The van der Waals surface area contributed by atoms with E-state index in [9.17, 15) is 13.5 Å². The van der Waals surface area contributed by atoms with Crippen LogP contribution in [0.25, 0.3) is 0 Å². The molecule has 0 radical (unpaired) electrons. The fraction of sp³-hybridized carbons (Fsp3) is 0.700. The van der Waals surface area contributed by atoms with Crippen LogP contribution in [0.4, 0.5) is 0 Å². The summed E-state index contributed by atoms with van der Waals surface area (Å²) in [6.45, 7) is 0.263. The van der Waals surface area contributed by atoms with Crippen LogP contribution in [-0.4, -0.2) is 31.2 Å². The van der Waals surface area contributed by atoms with Gasteiger partial charge in [-0.05, 0) is 18.8 Å². The lowest BCUT2D eigenvalue weighted by atomic mass is 9.87. The zero-order chi connectivity index (χ0) is 13.2. The molecule has 1 aliphatic carbocycles. The highest BCUT2D eigenvalue weighted by atomic mass is 35.5. The molecule has 1 saturated carbocycles. The summed E-state index contributed by atoms with van der Waals surface area (Å²) in [6.07, 6.45) is 4.48. The first-order valence-corrected chi connectivity index (χ1v) is 8.46. The van der Waals surface area contributed by atoms with Crippen molar-refractivity contribution in [1.29, 1.82) is 0 Å². The highest BCUT2D eigenvalue weighted by Crippen LogP contribution is 2.25. The van der Waals surface area contributed by atoms with E-state index in [1.807, 2.05) is 0 Å². The number of halogens is 1. The van der Waals surface area contributed by atoms with Crippen LogP contribution in [0.3, 0.4) is 0 Å². The Balaban J connectivity index is 1.96. The van der Waals surface area contributed by atoms with E-state index in [2.05, 4.69) is 9.71 Å². The van der Waals surface area contributed by atoms with Gasteiger partial charge >= 0.3 is 0 Å². The van der Waals surface area contributed by atoms with E-state index in [0.29, 0.717) is 0 Å². The molecule has 0 aliphatic heterocycles. The topological polar surface area (TPSA) is 79.3 Å². The molecule has 0 aromatic carbocycles. The molecular weight excluding hydrogens is 296 g/mol. The molecule has 1 fully saturated rings. The van der Waals surface area contributed by atoms with E-state index in [4.69, 9.17) is 11.6 Å². The van der Waals surface area contributed by atoms with Gasteiger partial charge in [-0.25, -0.2) is 18.1 Å². The van der Waals surface area contributed by atoms with E-state index in [0.717, 1.165) is 37.0 Å². The number of aliphatic hydroxyl groups is 1. The van der Waals surface area contributed by atoms with Crippen LogP contribution in [-0.2, 0) is 10.0 Å². The molecule has 1 heterocycles. The summed E-state index contributed by atoms with van der Waals surface area (Å²) in [5.74, 6) is -0.00285. The van der Waals surface area contributed by atoms with Crippen LogP contribution in [0.5, 0.6) is 0 Å². The first-order chi connectivity index (χ1) is 8.49. The highest BCUT2D eigenvalue weighted by Gasteiger charge is 2.25. The van der Waals surface area contributed by atoms with Crippen molar-refractivity contribution in [3.8, 4) is 0 Å². The summed E-state index contributed by atoms with van der Waals surface area (Å²) in [7, 11) is -3.55. The van der Waals surface area contributed by atoms with Crippen LogP contribution in [0.1, 0.15) is 25.7 Å². The van der Waals surface area contributed by atoms with Gasteiger partial charge in [0.15, 0.2) is 8.68 Å². The van der Waals surface area contributed by atoms with Crippen LogP contribution in [0, 0.1) is 5.92 Å². The van der Waals surface area contributed by atoms with Crippen molar-refractivity contribution in [3.05, 3.63) is 10.7 Å². The molecule has 1 aromatic heterocycles. The Morgan fingerprint density at radius 2 is 2.22 bits per heavy atom. The number of nitrogens with one attached hydrogen (secondary N) is 1. The van der Waals surface area contributed by atoms with Gasteiger partial charge in [-0.2, -0.15) is 0 Å². The first kappa shape index (κ1) is 14.2. The van der Waals surface area contributed by atoms with Crippen LogP contribution < -0.4 is 4.72 Å². The Labute approximate surface area is 115 Å². The Bertz CT molecular complexity index is 503. The third-order valence-electron chi connectivity index (χ3n) is 3.13. The van der Waals surface area contributed by atoms with E-state index < -0.39 is 16.1 Å². The number of thiazole rings is 1. The van der Waals surface area contributed by atoms with E-state index in [1.165, 1.54) is 6.20 Å². The second-order valence-electron chi connectivity index (χ2n) is 4.40. The van der Waals surface area contributed by atoms with Gasteiger partial charge < -0.3 is 5.11 Å². The van der Waals surface area contributed by atoms with Gasteiger partial charge in [0.1, 0.15) is 0 Å². The minimum absolute atomic E-state index is 0.00285. The van der Waals surface area contributed by atoms with Crippen molar-refractivity contribution in [2.45, 2.75) is 36.0 Å². The predicted octanol–water partition coefficient (Wildman–Crippen LogP) is 1.63. The molecule has 1 aromatic rings. The number of hydrogen-bond acceptors (Lipinski definition) is 5. The zero-order valence-corrected chi connectivity index (χ0v) is 12.1. The van der Waals surface area contributed by atoms with Gasteiger partial charge in [0.25, 0.3) is 10.0 Å². The molecule has 1 aliphatic rings. The minimum Gasteiger partial charge on any atom is -0.393 e. The number of hydrogen-bond donors (Lipinski definition) is 2. The third-order valence-corrected chi connectivity index (χ3v) is 6.13. The van der Waals surface area contributed by atoms with E-state index >= 15 is 0 Å². The monoisotopic (exact) mass is 310 g/mol. The molecule has 5 nitrogen and oxygen atoms in total. The maximum Gasteiger partial charge on any atom is 0.251 e. The number of rotatable bonds is 4. The first-order valence-electron chi connectivity index (χ1n) is 5.78. The molecule has 0 bridgehead atoms. The van der Waals surface area contributed by atoms with Crippen molar-refractivity contribution >= 4 is 33.0 Å². The summed E-state index contributed by atoms with van der Waals surface area (Å²) < 4.78 is 26.7. The molecule has 2 rings (SSSR count). The molecule has 0 amide bonds. The average Bonchev–Trinajstić information content (AvgIpc) is 2.76. The molecule has 18 heavy (non-hydrogen) atoms. The molecule has 0 spiro atoms. The highest BCUT2D eigenvalue weighted by molar-refractivity contribution is 7.91. The Morgan fingerprint density at radius 3 is 2.83 bits per heavy atom. The van der Waals surface area contributed by atoms with Gasteiger partial charge in [0.2, 0.25) is 0 Å². The molecule has 0 saturated heterocycles. The lowest BCUT2D eigenvalue weighted by Crippen LogP contribution is -2.36. The summed E-state index contributed by atoms with van der Waals surface area (Å²) in [5.41, 5.74) is 0. The molecule has 102 valence electrons. The molecule has 2 unspecified atom stereocenters. The van der Waals surface area contributed by atoms with Crippen LogP contribution >= 0.6 is 22.9 Å². The predicted molar refractivity (Wildman–Crippen MR) is 70.3 cm³/mol. The molecule has 2 atom stereocenters. The van der Waals surface area contributed by atoms with Crippen molar-refractivity contribution in [3.63, 3.8) is 0 Å². The zero-order valence-electron chi connectivity index (χ0n) is 9.67.